The molecule has 0 amide bonds. The molecule has 1 atom stereocenters. The van der Waals surface area contributed by atoms with Crippen molar-refractivity contribution in [3.8, 4) is 0 Å². The van der Waals surface area contributed by atoms with E-state index in [0.29, 0.717) is 0 Å². The first kappa shape index (κ1) is 12.6. The van der Waals surface area contributed by atoms with Gasteiger partial charge in [-0.05, 0) is 0 Å². The first-order valence-corrected chi connectivity index (χ1v) is 3.87. The Morgan fingerprint density at radius 1 is 1.46 bits per heavy atom. The zero-order chi connectivity index (χ0) is 10.5. The molecular weight excluding hydrogens is 203 g/mol. The van der Waals surface area contributed by atoms with E-state index in [1.165, 1.54) is 14.2 Å². The number of hydrogen-bond acceptors (Lipinski definition) is 4. The summed E-state index contributed by atoms with van der Waals surface area (Å²) in [5.74, 6) is -1.16. The average molecular weight is 215 g/mol. The third-order valence-electron chi connectivity index (χ3n) is 1.43. The first-order valence-electron chi connectivity index (χ1n) is 3.49. The van der Waals surface area contributed by atoms with Gasteiger partial charge in [0.2, 0.25) is 0 Å². The van der Waals surface area contributed by atoms with Gasteiger partial charge in [0.1, 0.15) is 0 Å². The van der Waals surface area contributed by atoms with E-state index in [2.05, 4.69) is 14.2 Å². The Morgan fingerprint density at radius 3 is 2.23 bits per heavy atom. The lowest BCUT2D eigenvalue weighted by Gasteiger charge is -2.20. The minimum atomic E-state index is -2.61. The molecule has 0 bridgehead atoms. The fourth-order valence-electron chi connectivity index (χ4n) is 0.705. The van der Waals surface area contributed by atoms with Crippen molar-refractivity contribution in [3.05, 3.63) is 0 Å². The Morgan fingerprint density at radius 2 is 1.92 bits per heavy atom. The van der Waals surface area contributed by atoms with Gasteiger partial charge in [0.05, 0.1) is 13.5 Å². The van der Waals surface area contributed by atoms with Crippen molar-refractivity contribution in [2.45, 2.75) is 17.8 Å². The molecule has 0 aromatic carbocycles. The Hall–Kier alpha value is -0.390. The largest absolute Gasteiger partial charge is 0.466 e. The molecule has 4 nitrogen and oxygen atoms in total. The smallest absolute Gasteiger partial charge is 0.359 e. The van der Waals surface area contributed by atoms with Gasteiger partial charge < -0.3 is 14.2 Å². The van der Waals surface area contributed by atoms with E-state index >= 15 is 0 Å². The molecule has 78 valence electrons. The Balaban J connectivity index is 4.21. The number of rotatable bonds is 5. The lowest BCUT2D eigenvalue weighted by molar-refractivity contribution is -0.159. The summed E-state index contributed by atoms with van der Waals surface area (Å²) in [4.78, 5) is 10.8. The standard InChI is InChI=1S/C7H12ClFO4/c1-11-5(12-2)4-7(8,9)6(10)13-3/h5H,4H2,1-3H3/t7-/m0/s1. The van der Waals surface area contributed by atoms with Crippen molar-refractivity contribution in [3.63, 3.8) is 0 Å². The van der Waals surface area contributed by atoms with E-state index in [1.807, 2.05) is 0 Å². The number of esters is 1. The number of halogens is 2. The van der Waals surface area contributed by atoms with Crippen molar-refractivity contribution in [1.29, 1.82) is 0 Å². The highest BCUT2D eigenvalue weighted by Crippen LogP contribution is 2.26. The molecule has 0 radical (unpaired) electrons. The monoisotopic (exact) mass is 214 g/mol. The highest BCUT2D eigenvalue weighted by Gasteiger charge is 2.40. The summed E-state index contributed by atoms with van der Waals surface area (Å²) >= 11 is 5.24. The number of alkyl halides is 2. The van der Waals surface area contributed by atoms with Crippen LogP contribution in [0.5, 0.6) is 0 Å². The van der Waals surface area contributed by atoms with E-state index < -0.39 is 23.8 Å². The predicted molar refractivity (Wildman–Crippen MR) is 44.1 cm³/mol. The number of methoxy groups -OCH3 is 3. The maximum absolute atomic E-state index is 13.2. The summed E-state index contributed by atoms with van der Waals surface area (Å²) in [6.07, 6.45) is -1.30. The maximum atomic E-state index is 13.2. The van der Waals surface area contributed by atoms with Crippen molar-refractivity contribution in [1.82, 2.24) is 0 Å². The van der Waals surface area contributed by atoms with E-state index in [-0.39, 0.29) is 0 Å². The number of hydrogen-bond donors (Lipinski definition) is 0. The van der Waals surface area contributed by atoms with Crippen LogP contribution in [-0.2, 0) is 19.0 Å². The second-order valence-corrected chi connectivity index (χ2v) is 2.90. The molecule has 0 unspecified atom stereocenters. The molecule has 0 aromatic rings. The lowest BCUT2D eigenvalue weighted by Crippen LogP contribution is -2.34. The van der Waals surface area contributed by atoms with E-state index in [0.717, 1.165) is 7.11 Å². The summed E-state index contributed by atoms with van der Waals surface area (Å²) in [5, 5.41) is -2.61. The summed E-state index contributed by atoms with van der Waals surface area (Å²) in [6.45, 7) is 0. The molecule has 0 heterocycles. The maximum Gasteiger partial charge on any atom is 0.359 e. The van der Waals surface area contributed by atoms with Crippen molar-refractivity contribution < 1.29 is 23.4 Å². The first-order chi connectivity index (χ1) is 5.97. The molecule has 0 aromatic heterocycles. The predicted octanol–water partition coefficient (Wildman–Crippen LogP) is 1.07. The molecule has 6 heteroatoms. The molecule has 0 aliphatic rings. The van der Waals surface area contributed by atoms with Gasteiger partial charge in [-0.25, -0.2) is 9.18 Å². The van der Waals surface area contributed by atoms with Crippen LogP contribution >= 0.6 is 11.6 Å². The normalized spacial score (nSPS) is 15.5. The SMILES string of the molecule is COC(=O)[C@](F)(Cl)CC(OC)OC. The molecule has 0 fully saturated rings. The molecule has 0 aliphatic heterocycles. The summed E-state index contributed by atoms with van der Waals surface area (Å²) < 4.78 is 26.7. The Kier molecular flexibility index (Phi) is 5.20. The number of carbonyl (C=O) groups excluding carboxylic acids is 1. The fourth-order valence-corrected chi connectivity index (χ4v) is 0.908. The second kappa shape index (κ2) is 5.36. The molecule has 0 saturated heterocycles. The lowest BCUT2D eigenvalue weighted by atomic mass is 10.2. The molecule has 13 heavy (non-hydrogen) atoms. The van der Waals surface area contributed by atoms with Crippen LogP contribution in [0.25, 0.3) is 0 Å². The van der Waals surface area contributed by atoms with Crippen LogP contribution in [0.15, 0.2) is 0 Å². The van der Waals surface area contributed by atoms with Crippen molar-refractivity contribution in [2.75, 3.05) is 21.3 Å². The van der Waals surface area contributed by atoms with E-state index in [9.17, 15) is 9.18 Å². The quantitative estimate of drug-likeness (QED) is 0.390. The van der Waals surface area contributed by atoms with Crippen molar-refractivity contribution in [2.24, 2.45) is 0 Å². The molecule has 0 saturated carbocycles. The highest BCUT2D eigenvalue weighted by molar-refractivity contribution is 6.32. The summed E-state index contributed by atoms with van der Waals surface area (Å²) in [5.41, 5.74) is 0. The fraction of sp³-hybridized carbons (Fsp3) is 0.857. The molecule has 0 aliphatic carbocycles. The Bertz CT molecular complexity index is 170. The van der Waals surface area contributed by atoms with Gasteiger partial charge in [0.25, 0.3) is 5.13 Å². The van der Waals surface area contributed by atoms with E-state index in [4.69, 9.17) is 11.6 Å². The van der Waals surface area contributed by atoms with Gasteiger partial charge in [-0.3, -0.25) is 0 Å². The third kappa shape index (κ3) is 3.89. The minimum Gasteiger partial charge on any atom is -0.466 e. The molecule has 0 N–H and O–H groups in total. The topological polar surface area (TPSA) is 44.8 Å². The Labute approximate surface area is 80.9 Å². The molecule has 0 spiro atoms. The van der Waals surface area contributed by atoms with Gasteiger partial charge >= 0.3 is 5.97 Å². The van der Waals surface area contributed by atoms with Gasteiger partial charge in [0, 0.05) is 14.2 Å². The van der Waals surface area contributed by atoms with Gasteiger partial charge in [-0.15, -0.1) is 0 Å². The van der Waals surface area contributed by atoms with Crippen LogP contribution in [0.3, 0.4) is 0 Å². The van der Waals surface area contributed by atoms with Crippen LogP contribution in [0.2, 0.25) is 0 Å². The van der Waals surface area contributed by atoms with Gasteiger partial charge in [-0.1, -0.05) is 11.6 Å². The average Bonchev–Trinajstić information content (AvgIpc) is 2.12. The third-order valence-corrected chi connectivity index (χ3v) is 1.74. The number of ether oxygens (including phenoxy) is 3. The number of carbonyl (C=O) groups is 1. The van der Waals surface area contributed by atoms with Gasteiger partial charge in [0.15, 0.2) is 6.29 Å². The van der Waals surface area contributed by atoms with Crippen LogP contribution in [0, 0.1) is 0 Å². The van der Waals surface area contributed by atoms with Crippen molar-refractivity contribution >= 4 is 17.6 Å². The van der Waals surface area contributed by atoms with Crippen LogP contribution in [-0.4, -0.2) is 38.7 Å². The zero-order valence-corrected chi connectivity index (χ0v) is 8.43. The molecule has 0 rings (SSSR count). The summed E-state index contributed by atoms with van der Waals surface area (Å²) in [7, 11) is 3.69. The van der Waals surface area contributed by atoms with Crippen LogP contribution in [0.1, 0.15) is 6.42 Å². The van der Waals surface area contributed by atoms with E-state index in [1.54, 1.807) is 0 Å². The minimum absolute atomic E-state index is 0.422. The molecular formula is C7H12ClFO4. The zero-order valence-electron chi connectivity index (χ0n) is 7.67. The van der Waals surface area contributed by atoms with Crippen LogP contribution in [0.4, 0.5) is 4.39 Å². The van der Waals surface area contributed by atoms with Crippen LogP contribution < -0.4 is 0 Å². The second-order valence-electron chi connectivity index (χ2n) is 2.30. The highest BCUT2D eigenvalue weighted by atomic mass is 35.5. The summed E-state index contributed by atoms with van der Waals surface area (Å²) in [6, 6.07) is 0. The van der Waals surface area contributed by atoms with Gasteiger partial charge in [-0.2, -0.15) is 0 Å².